The molecule has 0 aliphatic carbocycles. The van der Waals surface area contributed by atoms with E-state index in [0.29, 0.717) is 37.0 Å². The summed E-state index contributed by atoms with van der Waals surface area (Å²) in [5.74, 6) is -2.51. The van der Waals surface area contributed by atoms with Crippen LogP contribution in [0.1, 0.15) is 27.4 Å². The minimum atomic E-state index is -1.14. The van der Waals surface area contributed by atoms with E-state index in [2.05, 4.69) is 15.6 Å². The van der Waals surface area contributed by atoms with E-state index >= 15 is 0 Å². The Morgan fingerprint density at radius 2 is 1.79 bits per heavy atom. The first-order valence-electron chi connectivity index (χ1n) is 14.1. The third-order valence-electron chi connectivity index (χ3n) is 8.72. The molecule has 3 fully saturated rings. The van der Waals surface area contributed by atoms with E-state index < -0.39 is 17.5 Å². The van der Waals surface area contributed by atoms with Crippen LogP contribution in [-0.2, 0) is 11.8 Å². The second-order valence-electron chi connectivity index (χ2n) is 11.3. The van der Waals surface area contributed by atoms with E-state index in [1.807, 2.05) is 4.90 Å². The van der Waals surface area contributed by atoms with Gasteiger partial charge in [-0.3, -0.25) is 14.4 Å². The van der Waals surface area contributed by atoms with Crippen molar-refractivity contribution in [2.75, 3.05) is 51.7 Å². The Labute approximate surface area is 251 Å². The molecule has 3 aliphatic rings. The second kappa shape index (κ2) is 11.6. The van der Waals surface area contributed by atoms with Gasteiger partial charge in [0.25, 0.3) is 11.8 Å². The highest BCUT2D eigenvalue weighted by atomic mass is 35.5. The molecule has 3 aromatic rings. The van der Waals surface area contributed by atoms with Crippen molar-refractivity contribution in [3.63, 3.8) is 0 Å². The topological polar surface area (TPSA) is 109 Å². The Morgan fingerprint density at radius 1 is 1.05 bits per heavy atom. The first-order chi connectivity index (χ1) is 20.7. The van der Waals surface area contributed by atoms with Gasteiger partial charge in [-0.1, -0.05) is 11.6 Å². The van der Waals surface area contributed by atoms with Crippen LogP contribution in [0.15, 0.2) is 36.5 Å². The van der Waals surface area contributed by atoms with Crippen molar-refractivity contribution in [1.82, 2.24) is 24.7 Å². The molecule has 43 heavy (non-hydrogen) atoms. The molecule has 2 aromatic carbocycles. The zero-order valence-corrected chi connectivity index (χ0v) is 24.5. The highest BCUT2D eigenvalue weighted by Gasteiger charge is 2.41. The van der Waals surface area contributed by atoms with Crippen LogP contribution in [0.5, 0.6) is 5.75 Å². The van der Waals surface area contributed by atoms with Gasteiger partial charge < -0.3 is 29.7 Å². The van der Waals surface area contributed by atoms with Gasteiger partial charge in [0.05, 0.1) is 35.5 Å². The van der Waals surface area contributed by atoms with Gasteiger partial charge in [-0.2, -0.15) is 4.39 Å². The van der Waals surface area contributed by atoms with Crippen LogP contribution < -0.4 is 15.4 Å². The largest absolute Gasteiger partial charge is 0.494 e. The van der Waals surface area contributed by atoms with E-state index in [9.17, 15) is 23.2 Å². The number of rotatable bonds is 6. The quantitative estimate of drug-likeness (QED) is 0.442. The predicted octanol–water partition coefficient (Wildman–Crippen LogP) is 3.42. The normalized spacial score (nSPS) is 21.3. The first-order valence-corrected chi connectivity index (χ1v) is 14.5. The lowest BCUT2D eigenvalue weighted by molar-refractivity contribution is -0.134. The molecule has 3 amide bonds. The zero-order valence-electron chi connectivity index (χ0n) is 23.7. The number of nitrogens with one attached hydrogen (secondary N) is 2. The van der Waals surface area contributed by atoms with Gasteiger partial charge in [0.15, 0.2) is 17.4 Å². The number of anilines is 1. The number of ether oxygens (including phenoxy) is 1. The fourth-order valence-corrected chi connectivity index (χ4v) is 6.58. The Balaban J connectivity index is 1.10. The summed E-state index contributed by atoms with van der Waals surface area (Å²) in [7, 11) is 2.74. The maximum Gasteiger partial charge on any atom is 0.291 e. The molecule has 3 aliphatic heterocycles. The molecule has 0 saturated carbocycles. The molecule has 4 heterocycles. The summed E-state index contributed by atoms with van der Waals surface area (Å²) in [6.07, 6.45) is 1.88. The first kappa shape index (κ1) is 29.1. The number of amides is 3. The third kappa shape index (κ3) is 5.33. The van der Waals surface area contributed by atoms with Crippen LogP contribution in [0.2, 0.25) is 5.02 Å². The summed E-state index contributed by atoms with van der Waals surface area (Å²) >= 11 is 6.47. The van der Waals surface area contributed by atoms with Gasteiger partial charge in [-0.25, -0.2) is 9.37 Å². The zero-order chi connectivity index (χ0) is 30.4. The molecular formula is C30H31ClF2N6O4. The molecule has 2 N–H and O–H groups in total. The number of hydrogen-bond donors (Lipinski definition) is 2. The van der Waals surface area contributed by atoms with Crippen molar-refractivity contribution in [1.29, 1.82) is 0 Å². The van der Waals surface area contributed by atoms with Gasteiger partial charge in [0, 0.05) is 57.6 Å². The summed E-state index contributed by atoms with van der Waals surface area (Å²) in [5, 5.41) is 6.21. The smallest absolute Gasteiger partial charge is 0.291 e. The Bertz CT molecular complexity index is 1600. The Hall–Kier alpha value is -4.03. The molecule has 6 rings (SSSR count). The summed E-state index contributed by atoms with van der Waals surface area (Å²) in [4.78, 5) is 47.1. The van der Waals surface area contributed by atoms with Crippen molar-refractivity contribution in [3.05, 3.63) is 64.6 Å². The van der Waals surface area contributed by atoms with Crippen LogP contribution in [-0.4, -0.2) is 83.5 Å². The maximum absolute atomic E-state index is 14.6. The molecule has 10 nitrogen and oxygen atoms in total. The number of methoxy groups -OCH3 is 1. The second-order valence-corrected chi connectivity index (χ2v) is 11.7. The number of carbonyl (C=O) groups excluding carboxylic acids is 3. The Morgan fingerprint density at radius 3 is 2.49 bits per heavy atom. The number of benzene rings is 2. The number of likely N-dealkylation sites (tertiary alicyclic amines) is 2. The summed E-state index contributed by atoms with van der Waals surface area (Å²) in [6.45, 7) is 4.26. The monoisotopic (exact) mass is 612 g/mol. The molecular weight excluding hydrogens is 582 g/mol. The van der Waals surface area contributed by atoms with Crippen molar-refractivity contribution in [2.45, 2.75) is 6.42 Å². The van der Waals surface area contributed by atoms with E-state index in [0.717, 1.165) is 26.2 Å². The minimum absolute atomic E-state index is 0.0485. The molecule has 1 unspecified atom stereocenters. The average molecular weight is 613 g/mol. The van der Waals surface area contributed by atoms with Crippen LogP contribution in [0.25, 0.3) is 11.3 Å². The predicted molar refractivity (Wildman–Crippen MR) is 155 cm³/mol. The molecule has 13 heteroatoms. The fraction of sp³-hybridized carbons (Fsp3) is 0.400. The summed E-state index contributed by atoms with van der Waals surface area (Å²) < 4.78 is 35.0. The van der Waals surface area contributed by atoms with Crippen molar-refractivity contribution in [3.8, 4) is 17.0 Å². The van der Waals surface area contributed by atoms with Gasteiger partial charge in [-0.15, -0.1) is 0 Å². The van der Waals surface area contributed by atoms with Gasteiger partial charge >= 0.3 is 0 Å². The molecule has 0 radical (unpaired) electrons. The van der Waals surface area contributed by atoms with Crippen molar-refractivity contribution in [2.24, 2.45) is 24.8 Å². The lowest BCUT2D eigenvalue weighted by atomic mass is 10.0. The highest BCUT2D eigenvalue weighted by molar-refractivity contribution is 6.34. The van der Waals surface area contributed by atoms with Crippen molar-refractivity contribution < 1.29 is 27.9 Å². The molecule has 226 valence electrons. The van der Waals surface area contributed by atoms with Crippen LogP contribution in [0.4, 0.5) is 14.5 Å². The third-order valence-corrected chi connectivity index (χ3v) is 9.03. The molecule has 3 atom stereocenters. The van der Waals surface area contributed by atoms with Gasteiger partial charge in [-0.05, 0) is 48.6 Å². The van der Waals surface area contributed by atoms with E-state index in [1.165, 1.54) is 49.2 Å². The van der Waals surface area contributed by atoms with Gasteiger partial charge in [0.1, 0.15) is 0 Å². The average Bonchev–Trinajstić information content (AvgIpc) is 3.78. The molecule has 3 saturated heterocycles. The van der Waals surface area contributed by atoms with Gasteiger partial charge in [0.2, 0.25) is 11.7 Å². The number of nitrogens with zero attached hydrogens (tertiary/aromatic N) is 4. The number of fused-ring (bicyclic) bond motifs is 1. The molecule has 0 bridgehead atoms. The summed E-state index contributed by atoms with van der Waals surface area (Å²) in [5.41, 5.74) is 0.701. The Kier molecular flexibility index (Phi) is 7.82. The maximum atomic E-state index is 14.6. The van der Waals surface area contributed by atoms with Crippen LogP contribution in [0.3, 0.4) is 0 Å². The molecule has 0 spiro atoms. The molecule has 1 aromatic heterocycles. The summed E-state index contributed by atoms with van der Waals surface area (Å²) in [6, 6.07) is 7.18. The number of imidazole rings is 1. The standard InChI is InChI=1S/C30H31ClF2N6O4/c1-37-23(21-5-6-24(43-2)26(33)25(21)32)12-35-27(37)28(40)36-19-3-4-20(22(31)9-19)30(42)38-8-7-16(13-38)29(41)39-14-17-10-34-11-18(17)15-39/h3-6,9,12,16-18,34H,7-8,10-11,13-15H2,1-2H3,(H,36,40)/t16?,17-,18-/m1/s1. The van der Waals surface area contributed by atoms with Crippen LogP contribution in [0, 0.1) is 29.4 Å². The lowest BCUT2D eigenvalue weighted by Gasteiger charge is -2.22. The minimum Gasteiger partial charge on any atom is -0.494 e. The van der Waals surface area contributed by atoms with E-state index in [4.69, 9.17) is 16.3 Å². The number of hydrogen-bond acceptors (Lipinski definition) is 6. The number of halogens is 3. The number of aromatic nitrogens is 2. The highest BCUT2D eigenvalue weighted by Crippen LogP contribution is 2.32. The number of carbonyl (C=O) groups is 3. The lowest BCUT2D eigenvalue weighted by Crippen LogP contribution is -2.38. The van der Waals surface area contributed by atoms with Crippen LogP contribution >= 0.6 is 11.6 Å². The SMILES string of the molecule is COc1ccc(-c2cnc(C(=O)Nc3ccc(C(=O)N4CCC(C(=O)N5C[C@H]6CNC[C@@H]6C5)C4)c(Cl)c3)n2C)c(F)c1F. The van der Waals surface area contributed by atoms with Crippen molar-refractivity contribution >= 4 is 35.0 Å². The van der Waals surface area contributed by atoms with E-state index in [1.54, 1.807) is 11.0 Å². The van der Waals surface area contributed by atoms with E-state index in [-0.39, 0.29) is 51.1 Å². The fourth-order valence-electron chi connectivity index (χ4n) is 6.32.